The average Bonchev–Trinajstić information content (AvgIpc) is 3.28. The van der Waals surface area contributed by atoms with E-state index in [9.17, 15) is 18.0 Å². The lowest BCUT2D eigenvalue weighted by Gasteiger charge is -2.07. The first-order valence-corrected chi connectivity index (χ1v) is 8.67. The van der Waals surface area contributed by atoms with Crippen molar-refractivity contribution in [1.29, 1.82) is 0 Å². The van der Waals surface area contributed by atoms with Gasteiger partial charge in [0.15, 0.2) is 0 Å². The number of para-hydroxylation sites is 1. The molecular weight excluding hydrogens is 381 g/mol. The molecule has 4 nitrogen and oxygen atoms in total. The lowest BCUT2D eigenvalue weighted by atomic mass is 10.1. The SMILES string of the molecule is C=c1[nH]n(-c2ccccc2)c(=O)/c1=C\c1ccc(-c2cccc(C(F)(F)F)c2)o1. The first-order chi connectivity index (χ1) is 13.8. The van der Waals surface area contributed by atoms with E-state index in [1.165, 1.54) is 22.9 Å². The second-order valence-corrected chi connectivity index (χ2v) is 6.41. The Hall–Kier alpha value is -3.74. The first-order valence-electron chi connectivity index (χ1n) is 8.67. The maximum Gasteiger partial charge on any atom is 0.416 e. The Balaban J connectivity index is 1.74. The molecule has 2 aromatic carbocycles. The van der Waals surface area contributed by atoms with Gasteiger partial charge in [0.1, 0.15) is 11.5 Å². The van der Waals surface area contributed by atoms with Crippen LogP contribution in [0.3, 0.4) is 0 Å². The van der Waals surface area contributed by atoms with Gasteiger partial charge < -0.3 is 4.42 Å². The second kappa shape index (κ2) is 7.01. The van der Waals surface area contributed by atoms with Crippen LogP contribution >= 0.6 is 0 Å². The molecule has 0 amide bonds. The van der Waals surface area contributed by atoms with Crippen molar-refractivity contribution in [2.45, 2.75) is 6.18 Å². The number of furan rings is 1. The molecule has 0 aliphatic heterocycles. The van der Waals surface area contributed by atoms with E-state index >= 15 is 0 Å². The van der Waals surface area contributed by atoms with E-state index in [0.29, 0.717) is 27.6 Å². The van der Waals surface area contributed by atoms with Crippen LogP contribution in [-0.4, -0.2) is 9.78 Å². The Kier molecular flexibility index (Phi) is 4.50. The molecule has 0 fully saturated rings. The van der Waals surface area contributed by atoms with Crippen molar-refractivity contribution in [1.82, 2.24) is 9.78 Å². The molecule has 0 aliphatic rings. The van der Waals surface area contributed by atoms with Crippen molar-refractivity contribution in [3.05, 3.63) is 99.0 Å². The van der Waals surface area contributed by atoms with Gasteiger partial charge in [-0.25, -0.2) is 4.68 Å². The summed E-state index contributed by atoms with van der Waals surface area (Å²) in [6.07, 6.45) is -2.92. The molecule has 146 valence electrons. The summed E-state index contributed by atoms with van der Waals surface area (Å²) in [5.41, 5.74) is -0.109. The van der Waals surface area contributed by atoms with Crippen LogP contribution in [-0.2, 0) is 6.18 Å². The molecule has 0 bridgehead atoms. The van der Waals surface area contributed by atoms with E-state index in [4.69, 9.17) is 4.42 Å². The Morgan fingerprint density at radius 1 is 1.00 bits per heavy atom. The molecule has 0 spiro atoms. The van der Waals surface area contributed by atoms with Crippen molar-refractivity contribution in [3.63, 3.8) is 0 Å². The maximum atomic E-state index is 12.9. The van der Waals surface area contributed by atoms with E-state index in [-0.39, 0.29) is 11.3 Å². The smallest absolute Gasteiger partial charge is 0.416 e. The van der Waals surface area contributed by atoms with Gasteiger partial charge in [-0.2, -0.15) is 13.2 Å². The molecule has 0 radical (unpaired) electrons. The van der Waals surface area contributed by atoms with E-state index in [1.54, 1.807) is 24.3 Å². The Bertz CT molecular complexity index is 1330. The number of H-pyrrole nitrogens is 1. The summed E-state index contributed by atoms with van der Waals surface area (Å²) in [4.78, 5) is 12.7. The molecule has 0 saturated carbocycles. The molecular formula is C22H15F3N2O2. The van der Waals surface area contributed by atoms with Crippen LogP contribution in [0.25, 0.3) is 29.7 Å². The van der Waals surface area contributed by atoms with Crippen LogP contribution in [0.15, 0.2) is 75.9 Å². The zero-order chi connectivity index (χ0) is 20.6. The third kappa shape index (κ3) is 3.67. The fraction of sp³-hybridized carbons (Fsp3) is 0.0455. The number of aromatic amines is 1. The highest BCUT2D eigenvalue weighted by molar-refractivity contribution is 5.61. The molecule has 0 aliphatic carbocycles. The average molecular weight is 396 g/mol. The first kappa shape index (κ1) is 18.6. The number of rotatable bonds is 3. The standard InChI is InChI=1S/C22H15F3N2O2/c1-14-19(21(28)27(26-14)17-8-3-2-4-9-17)13-18-10-11-20(29-18)15-6-5-7-16(12-15)22(23,24)25/h2-13,26H,1H2/b19-13-. The molecule has 0 unspecified atom stereocenters. The minimum Gasteiger partial charge on any atom is -0.457 e. The van der Waals surface area contributed by atoms with Gasteiger partial charge in [0, 0.05) is 5.56 Å². The lowest BCUT2D eigenvalue weighted by Crippen LogP contribution is -2.33. The van der Waals surface area contributed by atoms with E-state index in [2.05, 4.69) is 11.7 Å². The van der Waals surface area contributed by atoms with Gasteiger partial charge in [0.05, 0.1) is 21.8 Å². The number of benzene rings is 2. The zero-order valence-electron chi connectivity index (χ0n) is 15.0. The van der Waals surface area contributed by atoms with Crippen molar-refractivity contribution in [3.8, 4) is 17.0 Å². The van der Waals surface area contributed by atoms with Crippen LogP contribution in [0, 0.1) is 0 Å². The van der Waals surface area contributed by atoms with Crippen molar-refractivity contribution in [2.24, 2.45) is 0 Å². The summed E-state index contributed by atoms with van der Waals surface area (Å²) >= 11 is 0. The summed E-state index contributed by atoms with van der Waals surface area (Å²) in [5.74, 6) is 0.602. The Morgan fingerprint density at radius 3 is 2.48 bits per heavy atom. The van der Waals surface area contributed by atoms with Crippen LogP contribution in [0.1, 0.15) is 11.3 Å². The molecule has 4 rings (SSSR count). The Labute approximate surface area is 162 Å². The third-order valence-electron chi connectivity index (χ3n) is 4.41. The highest BCUT2D eigenvalue weighted by Gasteiger charge is 2.30. The summed E-state index contributed by atoms with van der Waals surface area (Å²) in [5, 5.41) is 3.61. The number of halogens is 3. The second-order valence-electron chi connectivity index (χ2n) is 6.41. The largest absolute Gasteiger partial charge is 0.457 e. The number of hydrogen-bond donors (Lipinski definition) is 1. The quantitative estimate of drug-likeness (QED) is 0.574. The minimum absolute atomic E-state index is 0.270. The van der Waals surface area contributed by atoms with Crippen molar-refractivity contribution < 1.29 is 17.6 Å². The lowest BCUT2D eigenvalue weighted by molar-refractivity contribution is -0.137. The number of aromatic nitrogens is 2. The highest BCUT2D eigenvalue weighted by atomic mass is 19.4. The fourth-order valence-electron chi connectivity index (χ4n) is 2.98. The van der Waals surface area contributed by atoms with E-state index in [0.717, 1.165) is 12.1 Å². The van der Waals surface area contributed by atoms with Gasteiger partial charge >= 0.3 is 6.18 Å². The highest BCUT2D eigenvalue weighted by Crippen LogP contribution is 2.32. The normalized spacial score (nSPS) is 12.4. The Morgan fingerprint density at radius 2 is 1.76 bits per heavy atom. The summed E-state index contributed by atoms with van der Waals surface area (Å²) in [7, 11) is 0. The van der Waals surface area contributed by atoms with Crippen LogP contribution in [0.5, 0.6) is 0 Å². The molecule has 2 heterocycles. The molecule has 2 aromatic heterocycles. The van der Waals surface area contributed by atoms with Crippen LogP contribution < -0.4 is 16.1 Å². The molecule has 29 heavy (non-hydrogen) atoms. The third-order valence-corrected chi connectivity index (χ3v) is 4.41. The van der Waals surface area contributed by atoms with Crippen LogP contribution in [0.2, 0.25) is 0 Å². The molecule has 1 N–H and O–H groups in total. The molecule has 0 saturated heterocycles. The molecule has 0 atom stereocenters. The molecule has 4 aromatic rings. The van der Waals surface area contributed by atoms with E-state index in [1.807, 2.05) is 18.2 Å². The monoisotopic (exact) mass is 396 g/mol. The summed E-state index contributed by atoms with van der Waals surface area (Å²) in [6.45, 7) is 3.85. The minimum atomic E-state index is -4.44. The van der Waals surface area contributed by atoms with Gasteiger partial charge in [-0.3, -0.25) is 9.89 Å². The predicted octanol–water partition coefficient (Wildman–Crippen LogP) is 3.68. The van der Waals surface area contributed by atoms with Gasteiger partial charge in [-0.05, 0) is 42.5 Å². The number of hydrogen-bond acceptors (Lipinski definition) is 2. The molecule has 7 heteroatoms. The van der Waals surface area contributed by atoms with Crippen molar-refractivity contribution >= 4 is 12.7 Å². The van der Waals surface area contributed by atoms with Crippen molar-refractivity contribution in [2.75, 3.05) is 0 Å². The zero-order valence-corrected chi connectivity index (χ0v) is 15.0. The van der Waals surface area contributed by atoms with Gasteiger partial charge in [0.25, 0.3) is 5.56 Å². The topological polar surface area (TPSA) is 50.9 Å². The number of nitrogens with one attached hydrogen (secondary N) is 1. The fourth-order valence-corrected chi connectivity index (χ4v) is 2.98. The van der Waals surface area contributed by atoms with Gasteiger partial charge in [-0.1, -0.05) is 36.9 Å². The van der Waals surface area contributed by atoms with Crippen LogP contribution in [0.4, 0.5) is 13.2 Å². The number of alkyl halides is 3. The predicted molar refractivity (Wildman–Crippen MR) is 104 cm³/mol. The summed E-state index contributed by atoms with van der Waals surface area (Å²) in [6, 6.07) is 17.0. The number of nitrogens with zero attached hydrogens (tertiary/aromatic N) is 1. The van der Waals surface area contributed by atoms with E-state index < -0.39 is 11.7 Å². The van der Waals surface area contributed by atoms with Gasteiger partial charge in [-0.15, -0.1) is 0 Å². The summed E-state index contributed by atoms with van der Waals surface area (Å²) < 4.78 is 45.8. The maximum absolute atomic E-state index is 12.9. The van der Waals surface area contributed by atoms with Gasteiger partial charge in [0.2, 0.25) is 0 Å².